The first-order chi connectivity index (χ1) is 13.6. The van der Waals surface area contributed by atoms with E-state index < -0.39 is 30.1 Å². The number of nitrogens with one attached hydrogen (secondary N) is 2. The van der Waals surface area contributed by atoms with Crippen LogP contribution < -0.4 is 10.6 Å². The number of amides is 2. The lowest BCUT2D eigenvalue weighted by molar-refractivity contribution is -0.137. The molecule has 2 aromatic carbocycles. The van der Waals surface area contributed by atoms with Crippen molar-refractivity contribution in [1.29, 1.82) is 0 Å². The Morgan fingerprint density at radius 1 is 1.17 bits per heavy atom. The number of aryl methyl sites for hydroxylation is 1. The van der Waals surface area contributed by atoms with Crippen molar-refractivity contribution in [3.8, 4) is 11.3 Å². The molecule has 29 heavy (non-hydrogen) atoms. The Morgan fingerprint density at radius 3 is 2.52 bits per heavy atom. The number of urea groups is 1. The third-order valence-electron chi connectivity index (χ3n) is 4.02. The molecular formula is C19H14BrF4N3O2. The van der Waals surface area contributed by atoms with Gasteiger partial charge in [0.25, 0.3) is 0 Å². The molecule has 5 nitrogen and oxygen atoms in total. The van der Waals surface area contributed by atoms with Gasteiger partial charge in [-0.05, 0) is 49.4 Å². The van der Waals surface area contributed by atoms with Crippen molar-refractivity contribution in [3.63, 3.8) is 0 Å². The largest absolute Gasteiger partial charge is 0.416 e. The summed E-state index contributed by atoms with van der Waals surface area (Å²) < 4.78 is 58.3. The molecule has 3 aromatic rings. The second-order valence-corrected chi connectivity index (χ2v) is 7.01. The third kappa shape index (κ3) is 4.94. The van der Waals surface area contributed by atoms with Crippen LogP contribution in [0.15, 0.2) is 51.5 Å². The lowest BCUT2D eigenvalue weighted by Crippen LogP contribution is -2.29. The van der Waals surface area contributed by atoms with Crippen LogP contribution >= 0.6 is 15.9 Å². The van der Waals surface area contributed by atoms with Crippen molar-refractivity contribution in [2.45, 2.75) is 19.6 Å². The van der Waals surface area contributed by atoms with Crippen LogP contribution in [0.3, 0.4) is 0 Å². The maximum atomic E-state index is 13.8. The molecule has 0 radical (unpaired) electrons. The fourth-order valence-corrected chi connectivity index (χ4v) is 2.80. The molecule has 2 N–H and O–H groups in total. The van der Waals surface area contributed by atoms with Crippen molar-refractivity contribution in [1.82, 2.24) is 10.5 Å². The Bertz CT molecular complexity index is 1030. The summed E-state index contributed by atoms with van der Waals surface area (Å²) in [4.78, 5) is 12.2. The first kappa shape index (κ1) is 20.8. The van der Waals surface area contributed by atoms with E-state index in [1.807, 2.05) is 0 Å². The second-order valence-electron chi connectivity index (χ2n) is 6.09. The molecule has 10 heteroatoms. The van der Waals surface area contributed by atoms with Gasteiger partial charge < -0.3 is 15.2 Å². The van der Waals surface area contributed by atoms with Gasteiger partial charge in [0.1, 0.15) is 17.2 Å². The lowest BCUT2D eigenvalue weighted by atomic mass is 10.1. The van der Waals surface area contributed by atoms with Crippen molar-refractivity contribution >= 4 is 27.6 Å². The van der Waals surface area contributed by atoms with Gasteiger partial charge >= 0.3 is 12.2 Å². The summed E-state index contributed by atoms with van der Waals surface area (Å²) in [6.45, 7) is 1.19. The lowest BCUT2D eigenvalue weighted by Gasteiger charge is -2.11. The van der Waals surface area contributed by atoms with E-state index in [-0.39, 0.29) is 5.56 Å². The highest BCUT2D eigenvalue weighted by atomic mass is 79.9. The summed E-state index contributed by atoms with van der Waals surface area (Å²) in [5.41, 5.74) is 0.0827. The van der Waals surface area contributed by atoms with Gasteiger partial charge in [-0.2, -0.15) is 13.2 Å². The highest BCUT2D eigenvalue weighted by Gasteiger charge is 2.31. The number of anilines is 1. The quantitative estimate of drug-likeness (QED) is 0.466. The van der Waals surface area contributed by atoms with Crippen LogP contribution in [0.2, 0.25) is 0 Å². The van der Waals surface area contributed by atoms with E-state index >= 15 is 0 Å². The van der Waals surface area contributed by atoms with E-state index in [4.69, 9.17) is 4.52 Å². The maximum absolute atomic E-state index is 13.8. The van der Waals surface area contributed by atoms with E-state index in [2.05, 4.69) is 31.7 Å². The average molecular weight is 472 g/mol. The summed E-state index contributed by atoms with van der Waals surface area (Å²) in [7, 11) is 0. The zero-order valence-corrected chi connectivity index (χ0v) is 16.5. The van der Waals surface area contributed by atoms with Gasteiger partial charge in [-0.3, -0.25) is 0 Å². The fraction of sp³-hybridized carbons (Fsp3) is 0.158. The molecular weight excluding hydrogens is 458 g/mol. The Balaban J connectivity index is 1.73. The Hall–Kier alpha value is -2.88. The molecule has 0 spiro atoms. The number of benzene rings is 2. The second kappa shape index (κ2) is 8.24. The minimum absolute atomic E-state index is 0.287. The van der Waals surface area contributed by atoms with Crippen LogP contribution in [-0.2, 0) is 12.7 Å². The third-order valence-corrected chi connectivity index (χ3v) is 4.55. The van der Waals surface area contributed by atoms with Gasteiger partial charge in [0.2, 0.25) is 0 Å². The van der Waals surface area contributed by atoms with Gasteiger partial charge in [0.15, 0.2) is 5.76 Å². The number of carbonyl (C=O) groups is 1. The number of nitrogens with zero attached hydrogens (tertiary/aromatic N) is 1. The molecule has 0 saturated carbocycles. The predicted molar refractivity (Wildman–Crippen MR) is 102 cm³/mol. The molecule has 0 saturated heterocycles. The molecule has 2 amide bonds. The number of aromatic nitrogens is 1. The monoisotopic (exact) mass is 471 g/mol. The van der Waals surface area contributed by atoms with E-state index in [1.54, 1.807) is 31.2 Å². The number of rotatable bonds is 4. The maximum Gasteiger partial charge on any atom is 0.416 e. The number of halogens is 5. The highest BCUT2D eigenvalue weighted by Crippen LogP contribution is 2.32. The van der Waals surface area contributed by atoms with Crippen molar-refractivity contribution < 1.29 is 26.9 Å². The number of alkyl halides is 3. The molecule has 0 aliphatic carbocycles. The van der Waals surface area contributed by atoms with Crippen molar-refractivity contribution in [2.75, 3.05) is 5.32 Å². The van der Waals surface area contributed by atoms with E-state index in [0.717, 1.165) is 4.47 Å². The molecule has 0 atom stereocenters. The topological polar surface area (TPSA) is 67.2 Å². The number of hydrogen-bond donors (Lipinski definition) is 2. The highest BCUT2D eigenvalue weighted by molar-refractivity contribution is 9.10. The predicted octanol–water partition coefficient (Wildman–Crippen LogP) is 5.89. The molecule has 0 aliphatic heterocycles. The Morgan fingerprint density at radius 2 is 1.86 bits per heavy atom. The Labute approximate surface area is 171 Å². The zero-order chi connectivity index (χ0) is 21.2. The van der Waals surface area contributed by atoms with Gasteiger partial charge in [0, 0.05) is 22.1 Å². The molecule has 0 bridgehead atoms. The van der Waals surface area contributed by atoms with Crippen LogP contribution in [0.1, 0.15) is 16.8 Å². The van der Waals surface area contributed by atoms with Crippen LogP contribution in [0.25, 0.3) is 11.3 Å². The van der Waals surface area contributed by atoms with Gasteiger partial charge in [-0.1, -0.05) is 21.1 Å². The van der Waals surface area contributed by atoms with E-state index in [9.17, 15) is 22.4 Å². The van der Waals surface area contributed by atoms with Gasteiger partial charge in [0.05, 0.1) is 5.56 Å². The summed E-state index contributed by atoms with van der Waals surface area (Å²) >= 11 is 3.32. The van der Waals surface area contributed by atoms with Crippen LogP contribution in [0, 0.1) is 12.7 Å². The molecule has 1 heterocycles. The van der Waals surface area contributed by atoms with Crippen LogP contribution in [-0.4, -0.2) is 11.2 Å². The zero-order valence-electron chi connectivity index (χ0n) is 14.9. The minimum atomic E-state index is -4.61. The fourth-order valence-electron chi connectivity index (χ4n) is 2.53. The Kier molecular flexibility index (Phi) is 5.92. The summed E-state index contributed by atoms with van der Waals surface area (Å²) in [6.07, 6.45) is -4.61. The summed E-state index contributed by atoms with van der Waals surface area (Å²) in [5.74, 6) is -0.537. The number of carbonyl (C=O) groups excluding carboxylic acids is 1. The van der Waals surface area contributed by atoms with Crippen molar-refractivity contribution in [3.05, 3.63) is 69.6 Å². The minimum Gasteiger partial charge on any atom is -0.354 e. The molecule has 0 aliphatic rings. The summed E-state index contributed by atoms with van der Waals surface area (Å²) in [6, 6.07) is 8.36. The number of hydrogen-bond acceptors (Lipinski definition) is 3. The van der Waals surface area contributed by atoms with Gasteiger partial charge in [-0.25, -0.2) is 9.18 Å². The first-order valence-corrected chi connectivity index (χ1v) is 9.07. The normalized spacial score (nSPS) is 11.4. The molecule has 3 rings (SSSR count). The average Bonchev–Trinajstić information content (AvgIpc) is 3.01. The molecule has 152 valence electrons. The van der Waals surface area contributed by atoms with E-state index in [0.29, 0.717) is 40.9 Å². The molecule has 1 aromatic heterocycles. The van der Waals surface area contributed by atoms with Crippen LogP contribution in [0.5, 0.6) is 0 Å². The van der Waals surface area contributed by atoms with Crippen molar-refractivity contribution in [2.24, 2.45) is 0 Å². The SMILES string of the molecule is Cc1noc(-c2ccc(Br)cc2)c1NC(=O)NCc1cc(C(F)(F)F)ccc1F. The van der Waals surface area contributed by atoms with Crippen LogP contribution in [0.4, 0.5) is 28.0 Å². The van der Waals surface area contributed by atoms with E-state index in [1.165, 1.54) is 0 Å². The van der Waals surface area contributed by atoms with Gasteiger partial charge in [-0.15, -0.1) is 0 Å². The standard InChI is InChI=1S/C19H14BrF4N3O2/c1-10-16(17(29-27-10)11-2-5-14(20)6-3-11)26-18(28)25-9-12-8-13(19(22,23)24)4-7-15(12)21/h2-8H,9H2,1H3,(H2,25,26,28). The molecule has 0 fully saturated rings. The summed E-state index contributed by atoms with van der Waals surface area (Å²) in [5, 5.41) is 8.71. The first-order valence-electron chi connectivity index (χ1n) is 8.28. The smallest absolute Gasteiger partial charge is 0.354 e. The molecule has 0 unspecified atom stereocenters.